The van der Waals surface area contributed by atoms with Gasteiger partial charge in [0, 0.05) is 17.3 Å². The van der Waals surface area contributed by atoms with Gasteiger partial charge in [0.25, 0.3) is 0 Å². The quantitative estimate of drug-likeness (QED) is 0.812. The van der Waals surface area contributed by atoms with Crippen LogP contribution in [0.3, 0.4) is 0 Å². The van der Waals surface area contributed by atoms with Crippen LogP contribution < -0.4 is 5.32 Å². The fraction of sp³-hybridized carbons (Fsp3) is 0.571. The monoisotopic (exact) mass is 221 g/mol. The maximum Gasteiger partial charge on any atom is 0.120 e. The maximum atomic E-state index is 9.87. The van der Waals surface area contributed by atoms with Crippen molar-refractivity contribution in [2.75, 3.05) is 5.32 Å². The summed E-state index contributed by atoms with van der Waals surface area (Å²) >= 11 is 0. The van der Waals surface area contributed by atoms with Gasteiger partial charge in [-0.3, -0.25) is 0 Å². The summed E-state index contributed by atoms with van der Waals surface area (Å²) in [5.41, 5.74) is 3.17. The van der Waals surface area contributed by atoms with Gasteiger partial charge in [-0.1, -0.05) is 13.8 Å². The van der Waals surface area contributed by atoms with Crippen LogP contribution >= 0.6 is 0 Å². The molecule has 0 fully saturated rings. The van der Waals surface area contributed by atoms with Gasteiger partial charge in [-0.15, -0.1) is 0 Å². The summed E-state index contributed by atoms with van der Waals surface area (Å²) in [7, 11) is 0. The molecule has 0 spiro atoms. The van der Waals surface area contributed by atoms with Crippen LogP contribution in [-0.2, 0) is 6.42 Å². The summed E-state index contributed by atoms with van der Waals surface area (Å²) in [5.74, 6) is 0.996. The number of benzene rings is 1. The first-order chi connectivity index (χ1) is 7.40. The highest BCUT2D eigenvalue weighted by molar-refractivity contribution is 5.59. The second-order valence-electron chi connectivity index (χ2n) is 5.18. The minimum absolute atomic E-state index is 0.382. The van der Waals surface area contributed by atoms with E-state index in [9.17, 15) is 5.11 Å². The molecule has 0 heterocycles. The molecule has 1 aromatic rings. The lowest BCUT2D eigenvalue weighted by molar-refractivity contribution is 0.470. The van der Waals surface area contributed by atoms with Gasteiger partial charge < -0.3 is 10.4 Å². The number of phenolic OH excluding ortho intramolecular Hbond substituents is 1. The van der Waals surface area contributed by atoms with Crippen molar-refractivity contribution in [3.8, 4) is 5.75 Å². The van der Waals surface area contributed by atoms with Crippen molar-refractivity contribution >= 4 is 5.69 Å². The Hall–Kier alpha value is -1.18. The number of hydrogen-bond donors (Lipinski definition) is 2. The zero-order valence-electron chi connectivity index (χ0n) is 11.0. The number of hydrogen-bond acceptors (Lipinski definition) is 2. The normalized spacial score (nSPS) is 11.2. The fourth-order valence-electron chi connectivity index (χ4n) is 1.81. The van der Waals surface area contributed by atoms with Gasteiger partial charge in [-0.2, -0.15) is 0 Å². The van der Waals surface area contributed by atoms with E-state index < -0.39 is 0 Å². The van der Waals surface area contributed by atoms with Crippen molar-refractivity contribution in [3.63, 3.8) is 0 Å². The van der Waals surface area contributed by atoms with Crippen LogP contribution in [0.5, 0.6) is 5.75 Å². The van der Waals surface area contributed by atoms with Crippen LogP contribution in [0.2, 0.25) is 0 Å². The molecule has 90 valence electrons. The fourth-order valence-corrected chi connectivity index (χ4v) is 1.81. The summed E-state index contributed by atoms with van der Waals surface area (Å²) < 4.78 is 0. The number of aromatic hydroxyl groups is 1. The van der Waals surface area contributed by atoms with E-state index in [1.807, 2.05) is 13.0 Å². The molecule has 0 unspecified atom stereocenters. The Morgan fingerprint density at radius 2 is 1.81 bits per heavy atom. The average Bonchev–Trinajstić information content (AvgIpc) is 2.11. The second kappa shape index (κ2) is 5.24. The molecule has 0 radical (unpaired) electrons. The molecule has 0 aromatic heterocycles. The van der Waals surface area contributed by atoms with Gasteiger partial charge in [0.05, 0.1) is 0 Å². The Morgan fingerprint density at radius 3 is 2.31 bits per heavy atom. The van der Waals surface area contributed by atoms with Crippen LogP contribution in [-0.4, -0.2) is 11.1 Å². The highest BCUT2D eigenvalue weighted by Crippen LogP contribution is 2.28. The van der Waals surface area contributed by atoms with Crippen LogP contribution in [0.1, 0.15) is 38.8 Å². The van der Waals surface area contributed by atoms with E-state index in [0.29, 0.717) is 17.7 Å². The minimum atomic E-state index is 0.382. The van der Waals surface area contributed by atoms with Crippen LogP contribution in [0.4, 0.5) is 5.69 Å². The Labute approximate surface area is 98.7 Å². The molecule has 0 amide bonds. The van der Waals surface area contributed by atoms with E-state index in [0.717, 1.165) is 17.7 Å². The standard InChI is InChI=1S/C14H23NO/c1-9(2)6-12-7-13(15-10(3)4)11(5)14(16)8-12/h7-10,15-16H,6H2,1-5H3. The van der Waals surface area contributed by atoms with Gasteiger partial charge in [-0.05, 0) is 50.8 Å². The number of anilines is 1. The first-order valence-corrected chi connectivity index (χ1v) is 5.99. The largest absolute Gasteiger partial charge is 0.508 e. The summed E-state index contributed by atoms with van der Waals surface area (Å²) in [5, 5.41) is 13.2. The molecule has 2 heteroatoms. The van der Waals surface area contributed by atoms with Crippen LogP contribution in [0.25, 0.3) is 0 Å². The second-order valence-corrected chi connectivity index (χ2v) is 5.18. The highest BCUT2D eigenvalue weighted by Gasteiger charge is 2.08. The Morgan fingerprint density at radius 1 is 1.19 bits per heavy atom. The van der Waals surface area contributed by atoms with E-state index in [1.165, 1.54) is 5.56 Å². The molecule has 2 N–H and O–H groups in total. The molecule has 0 saturated carbocycles. The minimum Gasteiger partial charge on any atom is -0.508 e. The molecule has 1 rings (SSSR count). The number of rotatable bonds is 4. The van der Waals surface area contributed by atoms with Gasteiger partial charge in [0.1, 0.15) is 5.75 Å². The van der Waals surface area contributed by atoms with E-state index in [4.69, 9.17) is 0 Å². The van der Waals surface area contributed by atoms with E-state index in [2.05, 4.69) is 39.1 Å². The first-order valence-electron chi connectivity index (χ1n) is 5.99. The molecule has 0 aliphatic heterocycles. The van der Waals surface area contributed by atoms with Gasteiger partial charge in [0.2, 0.25) is 0 Å². The van der Waals surface area contributed by atoms with E-state index >= 15 is 0 Å². The van der Waals surface area contributed by atoms with Crippen molar-refractivity contribution < 1.29 is 5.11 Å². The van der Waals surface area contributed by atoms with Crippen LogP contribution in [0.15, 0.2) is 12.1 Å². The van der Waals surface area contributed by atoms with Crippen molar-refractivity contribution in [3.05, 3.63) is 23.3 Å². The molecular formula is C14H23NO. The average molecular weight is 221 g/mol. The lowest BCUT2D eigenvalue weighted by Gasteiger charge is -2.16. The predicted molar refractivity (Wildman–Crippen MR) is 70.1 cm³/mol. The van der Waals surface area contributed by atoms with Crippen molar-refractivity contribution in [1.29, 1.82) is 0 Å². The zero-order chi connectivity index (χ0) is 12.3. The van der Waals surface area contributed by atoms with Crippen molar-refractivity contribution in [2.45, 2.75) is 47.1 Å². The third-order valence-corrected chi connectivity index (χ3v) is 2.53. The third-order valence-electron chi connectivity index (χ3n) is 2.53. The summed E-state index contributed by atoms with van der Waals surface area (Å²) in [6, 6.07) is 4.41. The van der Waals surface area contributed by atoms with Gasteiger partial charge >= 0.3 is 0 Å². The Kier molecular flexibility index (Phi) is 4.22. The molecule has 0 aliphatic rings. The lowest BCUT2D eigenvalue weighted by Crippen LogP contribution is -2.11. The first kappa shape index (κ1) is 12.9. The van der Waals surface area contributed by atoms with Gasteiger partial charge in [0.15, 0.2) is 0 Å². The molecule has 0 aliphatic carbocycles. The maximum absolute atomic E-state index is 9.87. The molecule has 16 heavy (non-hydrogen) atoms. The van der Waals surface area contributed by atoms with Crippen LogP contribution in [0, 0.1) is 12.8 Å². The third kappa shape index (κ3) is 3.44. The Bertz CT molecular complexity index is 356. The SMILES string of the molecule is Cc1c(O)cc(CC(C)C)cc1NC(C)C. The highest BCUT2D eigenvalue weighted by atomic mass is 16.3. The topological polar surface area (TPSA) is 32.3 Å². The lowest BCUT2D eigenvalue weighted by atomic mass is 10.00. The predicted octanol–water partition coefficient (Wildman–Crippen LogP) is 3.72. The van der Waals surface area contributed by atoms with E-state index in [-0.39, 0.29) is 0 Å². The van der Waals surface area contributed by atoms with Crippen molar-refractivity contribution in [2.24, 2.45) is 5.92 Å². The smallest absolute Gasteiger partial charge is 0.120 e. The zero-order valence-corrected chi connectivity index (χ0v) is 11.0. The molecular weight excluding hydrogens is 198 g/mol. The number of phenols is 1. The summed E-state index contributed by atoms with van der Waals surface area (Å²) in [4.78, 5) is 0. The van der Waals surface area contributed by atoms with Crippen molar-refractivity contribution in [1.82, 2.24) is 0 Å². The Balaban J connectivity index is 3.01. The molecule has 0 saturated heterocycles. The molecule has 2 nitrogen and oxygen atoms in total. The molecule has 0 atom stereocenters. The summed E-state index contributed by atoms with van der Waals surface area (Å²) in [6.45, 7) is 10.5. The van der Waals surface area contributed by atoms with Gasteiger partial charge in [-0.25, -0.2) is 0 Å². The molecule has 0 bridgehead atoms. The molecule has 1 aromatic carbocycles. The van der Waals surface area contributed by atoms with E-state index in [1.54, 1.807) is 0 Å². The number of nitrogens with one attached hydrogen (secondary N) is 1. The summed E-state index contributed by atoms with van der Waals surface area (Å²) in [6.07, 6.45) is 1.00.